The number of nitrogens with zero attached hydrogens (tertiary/aromatic N) is 1. The first kappa shape index (κ1) is 21.2. The van der Waals surface area contributed by atoms with Crippen LogP contribution in [0.3, 0.4) is 0 Å². The average Bonchev–Trinajstić information content (AvgIpc) is 2.71. The molecule has 2 aromatic rings. The average molecular weight is 417 g/mol. The van der Waals surface area contributed by atoms with Crippen LogP contribution in [0.2, 0.25) is 5.02 Å². The van der Waals surface area contributed by atoms with Crippen LogP contribution in [-0.2, 0) is 17.1 Å². The van der Waals surface area contributed by atoms with E-state index in [1.54, 1.807) is 0 Å². The van der Waals surface area contributed by atoms with Gasteiger partial charge in [-0.3, -0.25) is 9.69 Å². The predicted octanol–water partition coefficient (Wildman–Crippen LogP) is 4.91. The Morgan fingerprint density at radius 3 is 2.71 bits per heavy atom. The van der Waals surface area contributed by atoms with Crippen LogP contribution in [0.15, 0.2) is 48.5 Å². The molecule has 1 fully saturated rings. The zero-order valence-electron chi connectivity index (χ0n) is 16.5. The summed E-state index contributed by atoms with van der Waals surface area (Å²) in [4.78, 5) is 14.9. The Morgan fingerprint density at radius 2 is 1.93 bits per heavy atom. The Labute approximate surface area is 177 Å². The molecule has 1 atom stereocenters. The third kappa shape index (κ3) is 6.26. The minimum Gasteiger partial charge on any atom is -0.355 e. The number of halogens is 1. The molecular formula is C23H29ClN2OS. The number of piperidine rings is 1. The van der Waals surface area contributed by atoms with Crippen molar-refractivity contribution in [1.29, 1.82) is 0 Å². The molecular weight excluding hydrogens is 388 g/mol. The van der Waals surface area contributed by atoms with E-state index in [9.17, 15) is 4.79 Å². The molecule has 1 heterocycles. The van der Waals surface area contributed by atoms with Gasteiger partial charge < -0.3 is 5.32 Å². The number of hydrogen-bond donors (Lipinski definition) is 1. The van der Waals surface area contributed by atoms with E-state index in [0.717, 1.165) is 61.1 Å². The monoisotopic (exact) mass is 416 g/mol. The van der Waals surface area contributed by atoms with Crippen molar-refractivity contribution >= 4 is 29.3 Å². The van der Waals surface area contributed by atoms with Crippen LogP contribution in [0.25, 0.3) is 0 Å². The molecule has 1 N–H and O–H groups in total. The van der Waals surface area contributed by atoms with Crippen molar-refractivity contribution in [3.05, 3.63) is 70.2 Å². The van der Waals surface area contributed by atoms with Gasteiger partial charge in [-0.2, -0.15) is 11.8 Å². The number of carbonyl (C=O) groups is 1. The van der Waals surface area contributed by atoms with Crippen molar-refractivity contribution in [2.75, 3.05) is 25.4 Å². The lowest BCUT2D eigenvalue weighted by Crippen LogP contribution is -2.43. The molecule has 1 aliphatic heterocycles. The summed E-state index contributed by atoms with van der Waals surface area (Å²) in [5.74, 6) is 2.21. The van der Waals surface area contributed by atoms with Gasteiger partial charge in [0.05, 0.1) is 5.92 Å². The zero-order valence-corrected chi connectivity index (χ0v) is 18.1. The normalized spacial score (nSPS) is 17.4. The van der Waals surface area contributed by atoms with E-state index in [0.29, 0.717) is 0 Å². The lowest BCUT2D eigenvalue weighted by atomic mass is 9.96. The van der Waals surface area contributed by atoms with Gasteiger partial charge >= 0.3 is 0 Å². The van der Waals surface area contributed by atoms with Gasteiger partial charge in [0.2, 0.25) is 5.91 Å². The summed E-state index contributed by atoms with van der Waals surface area (Å²) < 4.78 is 0. The fourth-order valence-corrected chi connectivity index (χ4v) is 4.76. The van der Waals surface area contributed by atoms with E-state index < -0.39 is 0 Å². The van der Waals surface area contributed by atoms with Gasteiger partial charge in [0, 0.05) is 36.2 Å². The van der Waals surface area contributed by atoms with Gasteiger partial charge in [-0.25, -0.2) is 0 Å². The maximum Gasteiger partial charge on any atom is 0.224 e. The summed E-state index contributed by atoms with van der Waals surface area (Å²) in [6, 6.07) is 16.5. The molecule has 28 heavy (non-hydrogen) atoms. The third-order valence-corrected chi connectivity index (χ3v) is 6.67. The minimum atomic E-state index is 0.0811. The van der Waals surface area contributed by atoms with Gasteiger partial charge in [0.25, 0.3) is 0 Å². The molecule has 0 aliphatic carbocycles. The highest BCUT2D eigenvalue weighted by Crippen LogP contribution is 2.22. The standard InChI is InChI=1S/C23H29ClN2OS/c1-18-7-2-3-9-21(18)17-28-14-12-25-23(27)20-10-6-13-26(16-20)15-19-8-4-5-11-22(19)24/h2-5,7-9,11,20H,6,10,12-17H2,1H3,(H,25,27). The van der Waals surface area contributed by atoms with Crippen LogP contribution in [0.5, 0.6) is 0 Å². The minimum absolute atomic E-state index is 0.0811. The number of thioether (sulfide) groups is 1. The molecule has 5 heteroatoms. The maximum atomic E-state index is 12.6. The topological polar surface area (TPSA) is 32.3 Å². The van der Waals surface area contributed by atoms with Gasteiger partial charge in [0.15, 0.2) is 0 Å². The first-order chi connectivity index (χ1) is 13.6. The van der Waals surface area contributed by atoms with Crippen LogP contribution in [0, 0.1) is 12.8 Å². The fraction of sp³-hybridized carbons (Fsp3) is 0.435. The molecule has 3 rings (SSSR count). The first-order valence-electron chi connectivity index (χ1n) is 9.99. The Balaban J connectivity index is 1.38. The Bertz CT molecular complexity index is 783. The van der Waals surface area contributed by atoms with Crippen LogP contribution in [0.1, 0.15) is 29.5 Å². The molecule has 0 aromatic heterocycles. The number of nitrogens with one attached hydrogen (secondary N) is 1. The van der Waals surface area contributed by atoms with Crippen LogP contribution < -0.4 is 5.32 Å². The number of likely N-dealkylation sites (tertiary alicyclic amines) is 1. The highest BCUT2D eigenvalue weighted by atomic mass is 35.5. The molecule has 3 nitrogen and oxygen atoms in total. The van der Waals surface area contributed by atoms with E-state index in [-0.39, 0.29) is 11.8 Å². The van der Waals surface area contributed by atoms with Gasteiger partial charge in [-0.1, -0.05) is 54.1 Å². The Hall–Kier alpha value is -1.49. The molecule has 150 valence electrons. The molecule has 1 amide bonds. The molecule has 1 aliphatic rings. The van der Waals surface area contributed by atoms with E-state index in [1.807, 2.05) is 30.0 Å². The number of carbonyl (C=O) groups excluding carboxylic acids is 1. The van der Waals surface area contributed by atoms with Crippen LogP contribution in [-0.4, -0.2) is 36.2 Å². The summed E-state index contributed by atoms with van der Waals surface area (Å²) in [6.45, 7) is 5.54. The summed E-state index contributed by atoms with van der Waals surface area (Å²) in [5, 5.41) is 3.94. The fourth-order valence-electron chi connectivity index (χ4n) is 3.63. The second-order valence-electron chi connectivity index (χ2n) is 7.44. The van der Waals surface area contributed by atoms with E-state index in [2.05, 4.69) is 47.5 Å². The van der Waals surface area contributed by atoms with Gasteiger partial charge in [-0.15, -0.1) is 0 Å². The van der Waals surface area contributed by atoms with Crippen molar-refractivity contribution in [2.45, 2.75) is 32.1 Å². The Morgan fingerprint density at radius 1 is 1.18 bits per heavy atom. The van der Waals surface area contributed by atoms with Crippen molar-refractivity contribution in [2.24, 2.45) is 5.92 Å². The van der Waals surface area contributed by atoms with E-state index >= 15 is 0 Å². The van der Waals surface area contributed by atoms with Crippen molar-refractivity contribution in [3.63, 3.8) is 0 Å². The number of hydrogen-bond acceptors (Lipinski definition) is 3. The summed E-state index contributed by atoms with van der Waals surface area (Å²) in [5.41, 5.74) is 3.85. The number of rotatable bonds is 8. The second kappa shape index (κ2) is 10.9. The zero-order chi connectivity index (χ0) is 19.8. The third-order valence-electron chi connectivity index (χ3n) is 5.29. The van der Waals surface area contributed by atoms with Crippen LogP contribution >= 0.6 is 23.4 Å². The molecule has 0 bridgehead atoms. The lowest BCUT2D eigenvalue weighted by molar-refractivity contribution is -0.126. The quantitative estimate of drug-likeness (QED) is 0.620. The highest BCUT2D eigenvalue weighted by Gasteiger charge is 2.25. The van der Waals surface area contributed by atoms with E-state index in [1.165, 1.54) is 11.1 Å². The molecule has 2 aromatic carbocycles. The molecule has 1 unspecified atom stereocenters. The van der Waals surface area contributed by atoms with Crippen molar-refractivity contribution in [3.8, 4) is 0 Å². The Kier molecular flexibility index (Phi) is 8.26. The summed E-state index contributed by atoms with van der Waals surface area (Å²) in [6.07, 6.45) is 2.03. The van der Waals surface area contributed by atoms with Crippen LogP contribution in [0.4, 0.5) is 0 Å². The summed E-state index contributed by atoms with van der Waals surface area (Å²) >= 11 is 8.16. The number of aryl methyl sites for hydroxylation is 1. The SMILES string of the molecule is Cc1ccccc1CSCCNC(=O)C1CCCN(Cc2ccccc2Cl)C1. The van der Waals surface area contributed by atoms with Gasteiger partial charge in [-0.05, 0) is 49.1 Å². The molecule has 0 saturated carbocycles. The van der Waals surface area contributed by atoms with Crippen molar-refractivity contribution < 1.29 is 4.79 Å². The smallest absolute Gasteiger partial charge is 0.224 e. The highest BCUT2D eigenvalue weighted by molar-refractivity contribution is 7.98. The predicted molar refractivity (Wildman–Crippen MR) is 120 cm³/mol. The maximum absolute atomic E-state index is 12.6. The largest absolute Gasteiger partial charge is 0.355 e. The van der Waals surface area contributed by atoms with Crippen molar-refractivity contribution in [1.82, 2.24) is 10.2 Å². The summed E-state index contributed by atoms with van der Waals surface area (Å²) in [7, 11) is 0. The molecule has 1 saturated heterocycles. The number of benzene rings is 2. The van der Waals surface area contributed by atoms with E-state index in [4.69, 9.17) is 11.6 Å². The molecule has 0 radical (unpaired) electrons. The van der Waals surface area contributed by atoms with Gasteiger partial charge in [0.1, 0.15) is 0 Å². The molecule has 0 spiro atoms. The number of amides is 1. The first-order valence-corrected chi connectivity index (χ1v) is 11.5. The lowest BCUT2D eigenvalue weighted by Gasteiger charge is -2.32. The second-order valence-corrected chi connectivity index (χ2v) is 8.95.